The smallest absolute Gasteiger partial charge is 0.226 e. The highest BCUT2D eigenvalue weighted by molar-refractivity contribution is 7.99. The first kappa shape index (κ1) is 20.9. The van der Waals surface area contributed by atoms with E-state index in [4.69, 9.17) is 0 Å². The molecule has 6 heteroatoms. The molecule has 4 nitrogen and oxygen atoms in total. The van der Waals surface area contributed by atoms with E-state index in [9.17, 15) is 13.2 Å². The van der Waals surface area contributed by atoms with Crippen LogP contribution in [0.5, 0.6) is 0 Å². The van der Waals surface area contributed by atoms with Gasteiger partial charge in [0, 0.05) is 23.2 Å². The van der Waals surface area contributed by atoms with Gasteiger partial charge in [0.05, 0.1) is 16.6 Å². The number of piperidine rings is 1. The van der Waals surface area contributed by atoms with E-state index in [1.54, 1.807) is 40.9 Å². The Balaban J connectivity index is 1.55. The molecule has 2 aromatic carbocycles. The lowest BCUT2D eigenvalue weighted by atomic mass is 10.1. The van der Waals surface area contributed by atoms with Crippen molar-refractivity contribution in [2.45, 2.75) is 53.4 Å². The third-order valence-electron chi connectivity index (χ3n) is 4.96. The Bertz CT molecular complexity index is 885. The lowest BCUT2D eigenvalue weighted by Gasteiger charge is -2.32. The number of sulfone groups is 1. The number of thioether (sulfide) groups is 1. The summed E-state index contributed by atoms with van der Waals surface area (Å²) in [6.07, 6.45) is 1.35. The summed E-state index contributed by atoms with van der Waals surface area (Å²) in [5, 5.41) is 0.118. The second-order valence-corrected chi connectivity index (χ2v) is 11.3. The zero-order chi connectivity index (χ0) is 20.1. The fourth-order valence-corrected chi connectivity index (χ4v) is 6.05. The predicted molar refractivity (Wildman–Crippen MR) is 114 cm³/mol. The molecule has 0 atom stereocenters. The Morgan fingerprint density at radius 2 is 1.64 bits per heavy atom. The van der Waals surface area contributed by atoms with Crippen molar-refractivity contribution in [1.82, 2.24) is 4.90 Å². The predicted octanol–water partition coefficient (Wildman–Crippen LogP) is 4.19. The number of nitrogens with zero attached hydrogens (tertiary/aromatic N) is 1. The maximum Gasteiger partial charge on any atom is 0.226 e. The van der Waals surface area contributed by atoms with Gasteiger partial charge in [0.2, 0.25) is 5.91 Å². The van der Waals surface area contributed by atoms with Crippen LogP contribution in [0.3, 0.4) is 0 Å². The van der Waals surface area contributed by atoms with Gasteiger partial charge in [-0.2, -0.15) is 0 Å². The van der Waals surface area contributed by atoms with Gasteiger partial charge in [0.15, 0.2) is 9.84 Å². The SMILES string of the molecule is CC(C)Sc1ccc(CC(=O)N2CCC(S(=O)(=O)c3ccccc3)CC2)cc1. The van der Waals surface area contributed by atoms with Crippen LogP contribution in [0.1, 0.15) is 32.3 Å². The molecule has 2 aromatic rings. The molecule has 1 aliphatic heterocycles. The molecule has 150 valence electrons. The molecule has 1 fully saturated rings. The molecule has 0 spiro atoms. The largest absolute Gasteiger partial charge is 0.342 e. The first-order valence-corrected chi connectivity index (χ1v) is 12.1. The van der Waals surface area contributed by atoms with Crippen LogP contribution in [-0.4, -0.2) is 42.8 Å². The van der Waals surface area contributed by atoms with Crippen molar-refractivity contribution in [2.24, 2.45) is 0 Å². The van der Waals surface area contributed by atoms with Crippen LogP contribution in [0.4, 0.5) is 0 Å². The molecular formula is C22H27NO3S2. The molecule has 0 unspecified atom stereocenters. The topological polar surface area (TPSA) is 54.5 Å². The van der Waals surface area contributed by atoms with Crippen molar-refractivity contribution in [3.63, 3.8) is 0 Å². The monoisotopic (exact) mass is 417 g/mol. The molecule has 1 aliphatic rings. The second kappa shape index (κ2) is 9.14. The quantitative estimate of drug-likeness (QED) is 0.661. The average molecular weight is 418 g/mol. The van der Waals surface area contributed by atoms with Gasteiger partial charge >= 0.3 is 0 Å². The number of rotatable bonds is 6. The molecule has 0 radical (unpaired) electrons. The highest BCUT2D eigenvalue weighted by Crippen LogP contribution is 2.26. The van der Waals surface area contributed by atoms with Crippen LogP contribution in [0.25, 0.3) is 0 Å². The van der Waals surface area contributed by atoms with Gasteiger partial charge in [-0.15, -0.1) is 11.8 Å². The third kappa shape index (κ3) is 5.17. The standard InChI is InChI=1S/C22H27NO3S2/c1-17(2)27-19-10-8-18(9-11-19)16-22(24)23-14-12-21(13-15-23)28(25,26)20-6-4-3-5-7-20/h3-11,17,21H,12-16H2,1-2H3. The number of benzene rings is 2. The molecule has 0 N–H and O–H groups in total. The van der Waals surface area contributed by atoms with E-state index in [0.717, 1.165) is 5.56 Å². The fraction of sp³-hybridized carbons (Fsp3) is 0.409. The molecular weight excluding hydrogens is 390 g/mol. The number of likely N-dealkylation sites (tertiary alicyclic amines) is 1. The van der Waals surface area contributed by atoms with Crippen molar-refractivity contribution >= 4 is 27.5 Å². The van der Waals surface area contributed by atoms with Crippen molar-refractivity contribution in [3.8, 4) is 0 Å². The van der Waals surface area contributed by atoms with Crippen LogP contribution in [0.15, 0.2) is 64.4 Å². The van der Waals surface area contributed by atoms with Crippen LogP contribution in [0.2, 0.25) is 0 Å². The molecule has 0 aromatic heterocycles. The number of hydrogen-bond acceptors (Lipinski definition) is 4. The second-order valence-electron chi connectivity index (χ2n) is 7.43. The molecule has 28 heavy (non-hydrogen) atoms. The summed E-state index contributed by atoms with van der Waals surface area (Å²) in [6.45, 7) is 5.31. The normalized spacial score (nSPS) is 15.8. The van der Waals surface area contributed by atoms with Gasteiger partial charge in [-0.3, -0.25) is 4.79 Å². The third-order valence-corrected chi connectivity index (χ3v) is 8.25. The lowest BCUT2D eigenvalue weighted by Crippen LogP contribution is -2.43. The Morgan fingerprint density at radius 1 is 1.04 bits per heavy atom. The molecule has 0 bridgehead atoms. The number of hydrogen-bond donors (Lipinski definition) is 0. The number of carbonyl (C=O) groups excluding carboxylic acids is 1. The van der Waals surface area contributed by atoms with Gasteiger partial charge in [-0.1, -0.05) is 44.2 Å². The summed E-state index contributed by atoms with van der Waals surface area (Å²) in [4.78, 5) is 16.0. The Morgan fingerprint density at radius 3 is 2.21 bits per heavy atom. The van der Waals surface area contributed by atoms with E-state index < -0.39 is 15.1 Å². The van der Waals surface area contributed by atoms with E-state index in [-0.39, 0.29) is 5.91 Å². The zero-order valence-corrected chi connectivity index (χ0v) is 18.0. The number of amides is 1. The summed E-state index contributed by atoms with van der Waals surface area (Å²) >= 11 is 1.80. The summed E-state index contributed by atoms with van der Waals surface area (Å²) < 4.78 is 25.5. The summed E-state index contributed by atoms with van der Waals surface area (Å²) in [7, 11) is -3.33. The van der Waals surface area contributed by atoms with Gasteiger partial charge in [-0.05, 0) is 42.7 Å². The highest BCUT2D eigenvalue weighted by Gasteiger charge is 2.32. The maximum atomic E-state index is 12.8. The minimum Gasteiger partial charge on any atom is -0.342 e. The minimum atomic E-state index is -3.33. The van der Waals surface area contributed by atoms with Gasteiger partial charge in [0.25, 0.3) is 0 Å². The molecule has 0 aliphatic carbocycles. The molecule has 1 heterocycles. The van der Waals surface area contributed by atoms with Gasteiger partial charge in [0.1, 0.15) is 0 Å². The van der Waals surface area contributed by atoms with E-state index in [1.165, 1.54) is 4.90 Å². The molecule has 1 amide bonds. The van der Waals surface area contributed by atoms with E-state index >= 15 is 0 Å². The molecule has 0 saturated carbocycles. The van der Waals surface area contributed by atoms with Crippen LogP contribution in [-0.2, 0) is 21.1 Å². The van der Waals surface area contributed by atoms with E-state index in [0.29, 0.717) is 42.5 Å². The maximum absolute atomic E-state index is 12.8. The number of carbonyl (C=O) groups is 1. The van der Waals surface area contributed by atoms with Gasteiger partial charge < -0.3 is 4.90 Å². The first-order valence-electron chi connectivity index (χ1n) is 9.68. The van der Waals surface area contributed by atoms with Crippen molar-refractivity contribution in [2.75, 3.05) is 13.1 Å². The van der Waals surface area contributed by atoms with Crippen LogP contribution >= 0.6 is 11.8 Å². The minimum absolute atomic E-state index is 0.0693. The summed E-state index contributed by atoms with van der Waals surface area (Å²) in [6, 6.07) is 16.7. The zero-order valence-electron chi connectivity index (χ0n) is 16.4. The average Bonchev–Trinajstić information content (AvgIpc) is 2.70. The van der Waals surface area contributed by atoms with Crippen LogP contribution in [0, 0.1) is 0 Å². The van der Waals surface area contributed by atoms with Gasteiger partial charge in [-0.25, -0.2) is 8.42 Å². The van der Waals surface area contributed by atoms with Crippen molar-refractivity contribution in [1.29, 1.82) is 0 Å². The highest BCUT2D eigenvalue weighted by atomic mass is 32.2. The summed E-state index contributed by atoms with van der Waals surface area (Å²) in [5.41, 5.74) is 0.997. The summed E-state index contributed by atoms with van der Waals surface area (Å²) in [5.74, 6) is 0.0693. The van der Waals surface area contributed by atoms with Crippen molar-refractivity contribution < 1.29 is 13.2 Å². The Hall–Kier alpha value is -1.79. The fourth-order valence-electron chi connectivity index (χ4n) is 3.46. The van der Waals surface area contributed by atoms with E-state index in [1.807, 2.05) is 18.2 Å². The first-order chi connectivity index (χ1) is 13.4. The lowest BCUT2D eigenvalue weighted by molar-refractivity contribution is -0.131. The Kier molecular flexibility index (Phi) is 6.83. The Labute approximate surface area is 172 Å². The van der Waals surface area contributed by atoms with Crippen LogP contribution < -0.4 is 0 Å². The molecule has 3 rings (SSSR count). The van der Waals surface area contributed by atoms with E-state index in [2.05, 4.69) is 26.0 Å². The van der Waals surface area contributed by atoms with Crippen molar-refractivity contribution in [3.05, 3.63) is 60.2 Å². The molecule has 1 saturated heterocycles.